The van der Waals surface area contributed by atoms with Crippen LogP contribution in [0, 0.1) is 6.92 Å². The molecule has 6 nitrogen and oxygen atoms in total. The predicted octanol–water partition coefficient (Wildman–Crippen LogP) is 0.875. The molecule has 1 aromatic rings. The molecule has 21 heavy (non-hydrogen) atoms. The lowest BCUT2D eigenvalue weighted by Crippen LogP contribution is -2.38. The van der Waals surface area contributed by atoms with Gasteiger partial charge in [-0.2, -0.15) is 4.31 Å². The molecule has 0 saturated carbocycles. The second-order valence-electron chi connectivity index (χ2n) is 5.13. The number of hydrogen-bond donors (Lipinski definition) is 2. The van der Waals surface area contributed by atoms with Crippen LogP contribution in [0.5, 0.6) is 0 Å². The highest BCUT2D eigenvalue weighted by atomic mass is 32.2. The van der Waals surface area contributed by atoms with Gasteiger partial charge in [0.1, 0.15) is 0 Å². The van der Waals surface area contributed by atoms with Crippen LogP contribution >= 0.6 is 0 Å². The minimum atomic E-state index is -3.73. The van der Waals surface area contributed by atoms with Gasteiger partial charge >= 0.3 is 0 Å². The zero-order chi connectivity index (χ0) is 16.2. The van der Waals surface area contributed by atoms with Crippen LogP contribution in [-0.4, -0.2) is 42.9 Å². The average molecular weight is 314 g/mol. The van der Waals surface area contributed by atoms with Gasteiger partial charge in [0.05, 0.1) is 4.90 Å². The zero-order valence-electron chi connectivity index (χ0n) is 12.5. The summed E-state index contributed by atoms with van der Waals surface area (Å²) in [4.78, 5) is 11.4. The Hall–Kier alpha value is -1.44. The van der Waals surface area contributed by atoms with Gasteiger partial charge in [-0.05, 0) is 44.9 Å². The Labute approximate surface area is 125 Å². The van der Waals surface area contributed by atoms with Crippen molar-refractivity contribution >= 4 is 15.9 Å². The van der Waals surface area contributed by atoms with Gasteiger partial charge < -0.3 is 10.8 Å². The minimum Gasteiger partial charge on any atom is -0.396 e. The first-order chi connectivity index (χ1) is 9.71. The fourth-order valence-corrected chi connectivity index (χ4v) is 3.75. The number of nitrogens with two attached hydrogens (primary N) is 1. The van der Waals surface area contributed by atoms with Crippen molar-refractivity contribution in [3.05, 3.63) is 29.3 Å². The summed E-state index contributed by atoms with van der Waals surface area (Å²) >= 11 is 0. The summed E-state index contributed by atoms with van der Waals surface area (Å²) in [6.07, 6.45) is 0.353. The van der Waals surface area contributed by atoms with E-state index in [9.17, 15) is 13.2 Å². The lowest BCUT2D eigenvalue weighted by Gasteiger charge is -2.26. The van der Waals surface area contributed by atoms with E-state index in [1.165, 1.54) is 16.4 Å². The number of benzene rings is 1. The number of nitrogens with zero attached hydrogens (tertiary/aromatic N) is 1. The summed E-state index contributed by atoms with van der Waals surface area (Å²) in [6, 6.07) is 4.09. The third-order valence-electron chi connectivity index (χ3n) is 3.19. The summed E-state index contributed by atoms with van der Waals surface area (Å²) in [5, 5.41) is 8.90. The Bertz CT molecular complexity index is 611. The van der Waals surface area contributed by atoms with Gasteiger partial charge in [0, 0.05) is 24.8 Å². The monoisotopic (exact) mass is 314 g/mol. The van der Waals surface area contributed by atoms with E-state index in [0.29, 0.717) is 12.0 Å². The Balaban J connectivity index is 3.28. The lowest BCUT2D eigenvalue weighted by atomic mass is 10.1. The van der Waals surface area contributed by atoms with Gasteiger partial charge in [0.2, 0.25) is 15.9 Å². The van der Waals surface area contributed by atoms with Crippen LogP contribution in [0.25, 0.3) is 0 Å². The lowest BCUT2D eigenvalue weighted by molar-refractivity contribution is 0.0999. The van der Waals surface area contributed by atoms with E-state index in [2.05, 4.69) is 0 Å². The van der Waals surface area contributed by atoms with Gasteiger partial charge in [0.15, 0.2) is 0 Å². The molecule has 0 radical (unpaired) electrons. The number of rotatable bonds is 7. The molecule has 0 spiro atoms. The van der Waals surface area contributed by atoms with Gasteiger partial charge in [0.25, 0.3) is 0 Å². The molecule has 0 fully saturated rings. The van der Waals surface area contributed by atoms with E-state index in [-0.39, 0.29) is 29.7 Å². The molecule has 0 aliphatic heterocycles. The Morgan fingerprint density at radius 3 is 2.48 bits per heavy atom. The van der Waals surface area contributed by atoms with E-state index in [1.54, 1.807) is 26.8 Å². The number of carbonyl (C=O) groups is 1. The summed E-state index contributed by atoms with van der Waals surface area (Å²) in [7, 11) is -3.73. The largest absolute Gasteiger partial charge is 0.396 e. The molecule has 1 amide bonds. The highest BCUT2D eigenvalue weighted by Gasteiger charge is 2.27. The summed E-state index contributed by atoms with van der Waals surface area (Å²) in [5.74, 6) is -0.656. The average Bonchev–Trinajstić information content (AvgIpc) is 2.38. The topological polar surface area (TPSA) is 101 Å². The molecule has 1 aromatic carbocycles. The van der Waals surface area contributed by atoms with Crippen molar-refractivity contribution < 1.29 is 18.3 Å². The fraction of sp³-hybridized carbons (Fsp3) is 0.500. The molecular formula is C14H22N2O4S. The summed E-state index contributed by atoms with van der Waals surface area (Å²) in [6.45, 7) is 5.36. The van der Waals surface area contributed by atoms with E-state index in [0.717, 1.165) is 0 Å². The molecule has 0 saturated heterocycles. The normalized spacial score (nSPS) is 12.1. The predicted molar refractivity (Wildman–Crippen MR) is 80.4 cm³/mol. The molecule has 118 valence electrons. The second-order valence-corrected chi connectivity index (χ2v) is 7.02. The van der Waals surface area contributed by atoms with Crippen LogP contribution in [0.2, 0.25) is 0 Å². The summed E-state index contributed by atoms with van der Waals surface area (Å²) < 4.78 is 26.6. The molecule has 0 aromatic heterocycles. The summed E-state index contributed by atoms with van der Waals surface area (Å²) in [5.41, 5.74) is 6.09. The van der Waals surface area contributed by atoms with Gasteiger partial charge in [-0.15, -0.1) is 0 Å². The number of aryl methyl sites for hydroxylation is 1. The molecule has 3 N–H and O–H groups in total. The number of sulfonamides is 1. The highest BCUT2D eigenvalue weighted by molar-refractivity contribution is 7.89. The van der Waals surface area contributed by atoms with E-state index in [4.69, 9.17) is 10.8 Å². The van der Waals surface area contributed by atoms with Gasteiger partial charge in [-0.3, -0.25) is 4.79 Å². The molecule has 7 heteroatoms. The number of hydrogen-bond acceptors (Lipinski definition) is 4. The first-order valence-corrected chi connectivity index (χ1v) is 8.19. The zero-order valence-corrected chi connectivity index (χ0v) is 13.4. The fourth-order valence-electron chi connectivity index (χ4n) is 2.04. The minimum absolute atomic E-state index is 0.0357. The number of amides is 1. The Kier molecular flexibility index (Phi) is 5.88. The molecule has 0 heterocycles. The molecule has 0 unspecified atom stereocenters. The van der Waals surface area contributed by atoms with E-state index < -0.39 is 15.9 Å². The maximum atomic E-state index is 12.7. The molecule has 0 aliphatic rings. The van der Waals surface area contributed by atoms with E-state index in [1.807, 2.05) is 0 Å². The van der Waals surface area contributed by atoms with Crippen molar-refractivity contribution in [3.63, 3.8) is 0 Å². The highest BCUT2D eigenvalue weighted by Crippen LogP contribution is 2.21. The van der Waals surface area contributed by atoms with Crippen molar-refractivity contribution in [2.45, 2.75) is 38.1 Å². The molecule has 0 aliphatic carbocycles. The van der Waals surface area contributed by atoms with E-state index >= 15 is 0 Å². The third kappa shape index (κ3) is 4.03. The maximum Gasteiger partial charge on any atom is 0.249 e. The standard InChI is InChI=1S/C14H22N2O4S/c1-10(2)16(7-4-8-17)21(19,20)12-6-5-11(3)13(9-12)14(15)18/h5-6,9-10,17H,4,7-8H2,1-3H3,(H2,15,18). The quantitative estimate of drug-likeness (QED) is 0.780. The van der Waals surface area contributed by atoms with Crippen LogP contribution in [0.15, 0.2) is 23.1 Å². The molecule has 0 atom stereocenters. The van der Waals surface area contributed by atoms with Crippen LogP contribution in [-0.2, 0) is 10.0 Å². The van der Waals surface area contributed by atoms with Crippen LogP contribution in [0.4, 0.5) is 0 Å². The van der Waals surface area contributed by atoms with Crippen LogP contribution < -0.4 is 5.73 Å². The molecule has 0 bridgehead atoms. The first-order valence-electron chi connectivity index (χ1n) is 6.75. The van der Waals surface area contributed by atoms with Crippen LogP contribution in [0.1, 0.15) is 36.2 Å². The number of aliphatic hydroxyl groups excluding tert-OH is 1. The van der Waals surface area contributed by atoms with Crippen molar-refractivity contribution in [2.24, 2.45) is 5.73 Å². The van der Waals surface area contributed by atoms with Crippen molar-refractivity contribution in [1.82, 2.24) is 4.31 Å². The number of aliphatic hydroxyl groups is 1. The molecular weight excluding hydrogens is 292 g/mol. The number of primary amides is 1. The van der Waals surface area contributed by atoms with Crippen molar-refractivity contribution in [1.29, 1.82) is 0 Å². The smallest absolute Gasteiger partial charge is 0.249 e. The third-order valence-corrected chi connectivity index (χ3v) is 5.26. The van der Waals surface area contributed by atoms with Crippen LogP contribution in [0.3, 0.4) is 0 Å². The van der Waals surface area contributed by atoms with Gasteiger partial charge in [-0.25, -0.2) is 8.42 Å². The Morgan fingerprint density at radius 2 is 2.00 bits per heavy atom. The maximum absolute atomic E-state index is 12.7. The first kappa shape index (κ1) is 17.6. The van der Waals surface area contributed by atoms with Crippen molar-refractivity contribution in [3.8, 4) is 0 Å². The SMILES string of the molecule is Cc1ccc(S(=O)(=O)N(CCCO)C(C)C)cc1C(N)=O. The molecule has 1 rings (SSSR count). The Morgan fingerprint density at radius 1 is 1.38 bits per heavy atom. The van der Waals surface area contributed by atoms with Gasteiger partial charge in [-0.1, -0.05) is 6.07 Å². The second kappa shape index (κ2) is 7.02. The van der Waals surface area contributed by atoms with Crippen molar-refractivity contribution in [2.75, 3.05) is 13.2 Å². The number of carbonyl (C=O) groups excluding carboxylic acids is 1.